The largest absolute Gasteiger partial charge is 0.491 e. The molecular formula is C15H14Br2ClNO2. The summed E-state index contributed by atoms with van der Waals surface area (Å²) >= 11 is 12.8. The smallest absolute Gasteiger partial charge is 0.120 e. The molecule has 0 aliphatic rings. The van der Waals surface area contributed by atoms with E-state index < -0.39 is 6.10 Å². The Morgan fingerprint density at radius 2 is 1.81 bits per heavy atom. The first-order valence-corrected chi connectivity index (χ1v) is 8.27. The van der Waals surface area contributed by atoms with E-state index in [0.29, 0.717) is 17.3 Å². The summed E-state index contributed by atoms with van der Waals surface area (Å²) in [6.07, 6.45) is -0.636. The Labute approximate surface area is 145 Å². The first kappa shape index (κ1) is 16.6. The zero-order valence-corrected chi connectivity index (χ0v) is 15.0. The lowest BCUT2D eigenvalue weighted by Gasteiger charge is -2.16. The highest BCUT2D eigenvalue weighted by atomic mass is 79.9. The molecule has 0 saturated carbocycles. The van der Waals surface area contributed by atoms with E-state index in [9.17, 15) is 5.11 Å². The van der Waals surface area contributed by atoms with Crippen molar-refractivity contribution in [1.29, 1.82) is 0 Å². The fourth-order valence-electron chi connectivity index (χ4n) is 1.69. The molecule has 6 heteroatoms. The molecule has 0 radical (unpaired) electrons. The second-order valence-corrected chi connectivity index (χ2v) is 6.54. The summed E-state index contributed by atoms with van der Waals surface area (Å²) in [7, 11) is 0. The fourth-order valence-corrected chi connectivity index (χ4v) is 3.15. The number of halogens is 3. The van der Waals surface area contributed by atoms with Crippen LogP contribution in [0.15, 0.2) is 51.4 Å². The molecule has 0 fully saturated rings. The number of hydrogen-bond donors (Lipinski definition) is 2. The molecule has 0 heterocycles. The molecule has 0 aliphatic carbocycles. The third-order valence-electron chi connectivity index (χ3n) is 2.72. The number of hydrogen-bond acceptors (Lipinski definition) is 3. The van der Waals surface area contributed by atoms with Gasteiger partial charge in [0.25, 0.3) is 0 Å². The third-order valence-corrected chi connectivity index (χ3v) is 4.27. The Balaban J connectivity index is 1.84. The predicted octanol–water partition coefficient (Wildman–Crippen LogP) is 4.72. The molecule has 0 amide bonds. The number of benzene rings is 2. The maximum absolute atomic E-state index is 9.97. The zero-order chi connectivity index (χ0) is 15.2. The SMILES string of the molecule is OC(CNc1c(Br)cccc1Br)COc1cccc(Cl)c1. The van der Waals surface area contributed by atoms with Crippen LogP contribution in [0, 0.1) is 0 Å². The predicted molar refractivity (Wildman–Crippen MR) is 93.3 cm³/mol. The van der Waals surface area contributed by atoms with Crippen LogP contribution in [-0.4, -0.2) is 24.4 Å². The maximum Gasteiger partial charge on any atom is 0.120 e. The van der Waals surface area contributed by atoms with E-state index >= 15 is 0 Å². The molecule has 0 aromatic heterocycles. The minimum Gasteiger partial charge on any atom is -0.491 e. The van der Waals surface area contributed by atoms with E-state index in [0.717, 1.165) is 14.6 Å². The van der Waals surface area contributed by atoms with E-state index in [1.54, 1.807) is 24.3 Å². The fraction of sp³-hybridized carbons (Fsp3) is 0.200. The van der Waals surface area contributed by atoms with Crippen LogP contribution in [0.3, 0.4) is 0 Å². The molecule has 2 aromatic carbocycles. The van der Waals surface area contributed by atoms with E-state index in [4.69, 9.17) is 16.3 Å². The minimum atomic E-state index is -0.636. The van der Waals surface area contributed by atoms with E-state index in [1.807, 2.05) is 18.2 Å². The van der Waals surface area contributed by atoms with Crippen LogP contribution in [-0.2, 0) is 0 Å². The zero-order valence-electron chi connectivity index (χ0n) is 11.0. The lowest BCUT2D eigenvalue weighted by molar-refractivity contribution is 0.117. The second kappa shape index (κ2) is 8.03. The molecule has 2 N–H and O–H groups in total. The van der Waals surface area contributed by atoms with Gasteiger partial charge in [-0.2, -0.15) is 0 Å². The summed E-state index contributed by atoms with van der Waals surface area (Å²) in [5.41, 5.74) is 0.902. The third kappa shape index (κ3) is 5.18. The topological polar surface area (TPSA) is 41.5 Å². The summed E-state index contributed by atoms with van der Waals surface area (Å²) < 4.78 is 7.36. The van der Waals surface area contributed by atoms with Crippen molar-refractivity contribution in [3.63, 3.8) is 0 Å². The molecule has 2 rings (SSSR count). The Bertz CT molecular complexity index is 590. The van der Waals surface area contributed by atoms with Crippen LogP contribution < -0.4 is 10.1 Å². The number of rotatable bonds is 6. The van der Waals surface area contributed by atoms with Crippen LogP contribution in [0.5, 0.6) is 5.75 Å². The average molecular weight is 436 g/mol. The molecular weight excluding hydrogens is 421 g/mol. The number of ether oxygens (including phenoxy) is 1. The number of aliphatic hydroxyl groups is 1. The molecule has 112 valence electrons. The lowest BCUT2D eigenvalue weighted by atomic mass is 10.3. The molecule has 2 aromatic rings. The standard InChI is InChI=1S/C15H14Br2ClNO2/c16-13-5-2-6-14(17)15(13)19-8-11(20)9-21-12-4-1-3-10(18)7-12/h1-7,11,19-20H,8-9H2. The summed E-state index contributed by atoms with van der Waals surface area (Å²) in [6.45, 7) is 0.567. The van der Waals surface area contributed by atoms with Gasteiger partial charge in [0.2, 0.25) is 0 Å². The van der Waals surface area contributed by atoms with Gasteiger partial charge in [-0.1, -0.05) is 23.7 Å². The van der Waals surface area contributed by atoms with Gasteiger partial charge in [-0.25, -0.2) is 0 Å². The van der Waals surface area contributed by atoms with Crippen molar-refractivity contribution in [1.82, 2.24) is 0 Å². The number of para-hydroxylation sites is 1. The van der Waals surface area contributed by atoms with Crippen LogP contribution in [0.2, 0.25) is 5.02 Å². The number of aliphatic hydroxyl groups excluding tert-OH is 1. The maximum atomic E-state index is 9.97. The average Bonchev–Trinajstić information content (AvgIpc) is 2.45. The summed E-state index contributed by atoms with van der Waals surface area (Å²) in [5.74, 6) is 0.642. The molecule has 1 unspecified atom stereocenters. The molecule has 3 nitrogen and oxygen atoms in total. The molecule has 0 spiro atoms. The Kier molecular flexibility index (Phi) is 6.36. The van der Waals surface area contributed by atoms with E-state index in [-0.39, 0.29) is 6.61 Å². The Morgan fingerprint density at radius 3 is 2.48 bits per heavy atom. The van der Waals surface area contributed by atoms with Crippen LogP contribution in [0.25, 0.3) is 0 Å². The first-order chi connectivity index (χ1) is 10.1. The van der Waals surface area contributed by atoms with Gasteiger partial charge >= 0.3 is 0 Å². The van der Waals surface area contributed by atoms with Gasteiger partial charge in [-0.3, -0.25) is 0 Å². The van der Waals surface area contributed by atoms with Gasteiger partial charge in [0, 0.05) is 20.5 Å². The Hall–Kier alpha value is -0.750. The monoisotopic (exact) mass is 433 g/mol. The molecule has 0 saturated heterocycles. The van der Waals surface area contributed by atoms with Crippen LogP contribution in [0.1, 0.15) is 0 Å². The van der Waals surface area contributed by atoms with Crippen molar-refractivity contribution in [2.45, 2.75) is 6.10 Å². The Morgan fingerprint density at radius 1 is 1.14 bits per heavy atom. The van der Waals surface area contributed by atoms with Gasteiger partial charge in [0.15, 0.2) is 0 Å². The van der Waals surface area contributed by atoms with E-state index in [1.165, 1.54) is 0 Å². The van der Waals surface area contributed by atoms with Crippen LogP contribution in [0.4, 0.5) is 5.69 Å². The highest BCUT2D eigenvalue weighted by Crippen LogP contribution is 2.30. The van der Waals surface area contributed by atoms with E-state index in [2.05, 4.69) is 37.2 Å². The number of nitrogens with one attached hydrogen (secondary N) is 1. The molecule has 21 heavy (non-hydrogen) atoms. The van der Waals surface area contributed by atoms with Crippen LogP contribution >= 0.6 is 43.5 Å². The summed E-state index contributed by atoms with van der Waals surface area (Å²) in [5, 5.41) is 13.8. The highest BCUT2D eigenvalue weighted by Gasteiger charge is 2.09. The van der Waals surface area contributed by atoms with Crippen molar-refractivity contribution >= 4 is 49.1 Å². The second-order valence-electron chi connectivity index (χ2n) is 4.40. The summed E-state index contributed by atoms with van der Waals surface area (Å²) in [4.78, 5) is 0. The first-order valence-electron chi connectivity index (χ1n) is 6.30. The molecule has 1 atom stereocenters. The highest BCUT2D eigenvalue weighted by molar-refractivity contribution is 9.11. The van der Waals surface area contributed by atoms with Crippen molar-refractivity contribution in [3.8, 4) is 5.75 Å². The quantitative estimate of drug-likeness (QED) is 0.690. The minimum absolute atomic E-state index is 0.190. The summed E-state index contributed by atoms with van der Waals surface area (Å²) in [6, 6.07) is 12.9. The van der Waals surface area contributed by atoms with Crippen molar-refractivity contribution < 1.29 is 9.84 Å². The van der Waals surface area contributed by atoms with Crippen molar-refractivity contribution in [3.05, 3.63) is 56.4 Å². The van der Waals surface area contributed by atoms with Gasteiger partial charge in [-0.15, -0.1) is 0 Å². The molecule has 0 bridgehead atoms. The van der Waals surface area contributed by atoms with Gasteiger partial charge in [-0.05, 0) is 62.2 Å². The van der Waals surface area contributed by atoms with Gasteiger partial charge < -0.3 is 15.2 Å². The van der Waals surface area contributed by atoms with Crippen molar-refractivity contribution in [2.75, 3.05) is 18.5 Å². The lowest BCUT2D eigenvalue weighted by Crippen LogP contribution is -2.26. The van der Waals surface area contributed by atoms with Gasteiger partial charge in [0.1, 0.15) is 18.5 Å². The molecule has 0 aliphatic heterocycles. The normalized spacial score (nSPS) is 12.0. The van der Waals surface area contributed by atoms with Crippen molar-refractivity contribution in [2.24, 2.45) is 0 Å². The number of anilines is 1. The van der Waals surface area contributed by atoms with Gasteiger partial charge in [0.05, 0.1) is 5.69 Å².